The number of hydrogen-bond donors (Lipinski definition) is 0. The van der Waals surface area contributed by atoms with Gasteiger partial charge in [-0.25, -0.2) is 9.59 Å². The SMILES string of the molecule is COC(=O)c1cc2c(oc1=O)CC(C)(C)CC2=O. The number of ether oxygens (including phenoxy) is 1. The van der Waals surface area contributed by atoms with E-state index in [1.807, 2.05) is 13.8 Å². The van der Waals surface area contributed by atoms with Crippen molar-refractivity contribution >= 4 is 11.8 Å². The Morgan fingerprint density at radius 3 is 2.61 bits per heavy atom. The number of esters is 1. The zero-order valence-corrected chi connectivity index (χ0v) is 10.5. The molecule has 0 amide bonds. The lowest BCUT2D eigenvalue weighted by Crippen LogP contribution is -2.29. The Hall–Kier alpha value is -1.91. The van der Waals surface area contributed by atoms with E-state index in [0.717, 1.165) is 0 Å². The number of methoxy groups -OCH3 is 1. The molecule has 5 heteroatoms. The highest BCUT2D eigenvalue weighted by Crippen LogP contribution is 2.34. The molecule has 0 spiro atoms. The molecule has 1 aliphatic rings. The summed E-state index contributed by atoms with van der Waals surface area (Å²) in [6, 6.07) is 1.28. The number of fused-ring (bicyclic) bond motifs is 1. The van der Waals surface area contributed by atoms with Crippen molar-refractivity contribution in [1.29, 1.82) is 0 Å². The summed E-state index contributed by atoms with van der Waals surface area (Å²) in [5.41, 5.74) is -0.906. The van der Waals surface area contributed by atoms with Gasteiger partial charge in [0.15, 0.2) is 5.78 Å². The van der Waals surface area contributed by atoms with Crippen molar-refractivity contribution in [2.75, 3.05) is 7.11 Å². The maximum atomic E-state index is 12.0. The molecule has 0 fully saturated rings. The molecule has 0 atom stereocenters. The lowest BCUT2D eigenvalue weighted by atomic mass is 9.76. The van der Waals surface area contributed by atoms with E-state index in [1.165, 1.54) is 13.2 Å². The van der Waals surface area contributed by atoms with Gasteiger partial charge in [0.1, 0.15) is 11.3 Å². The zero-order valence-electron chi connectivity index (χ0n) is 10.5. The van der Waals surface area contributed by atoms with Crippen molar-refractivity contribution < 1.29 is 18.7 Å². The van der Waals surface area contributed by atoms with Crippen LogP contribution in [0.5, 0.6) is 0 Å². The molecule has 0 radical (unpaired) electrons. The van der Waals surface area contributed by atoms with Gasteiger partial charge in [0.25, 0.3) is 0 Å². The first-order valence-corrected chi connectivity index (χ1v) is 5.62. The predicted molar refractivity (Wildman–Crippen MR) is 62.8 cm³/mol. The molecule has 1 aromatic heterocycles. The summed E-state index contributed by atoms with van der Waals surface area (Å²) in [5.74, 6) is -0.548. The van der Waals surface area contributed by atoms with E-state index in [4.69, 9.17) is 4.42 Å². The van der Waals surface area contributed by atoms with Crippen molar-refractivity contribution in [2.24, 2.45) is 5.41 Å². The van der Waals surface area contributed by atoms with E-state index >= 15 is 0 Å². The van der Waals surface area contributed by atoms with Crippen LogP contribution in [0.25, 0.3) is 0 Å². The Kier molecular flexibility index (Phi) is 2.84. The molecule has 1 heterocycles. The summed E-state index contributed by atoms with van der Waals surface area (Å²) in [6.45, 7) is 3.87. The smallest absolute Gasteiger partial charge is 0.350 e. The van der Waals surface area contributed by atoms with E-state index in [2.05, 4.69) is 4.74 Å². The lowest BCUT2D eigenvalue weighted by molar-refractivity contribution is 0.0594. The highest BCUT2D eigenvalue weighted by atomic mass is 16.5. The fraction of sp³-hybridized carbons (Fsp3) is 0.462. The van der Waals surface area contributed by atoms with E-state index < -0.39 is 11.6 Å². The zero-order chi connectivity index (χ0) is 13.5. The maximum Gasteiger partial charge on any atom is 0.350 e. The van der Waals surface area contributed by atoms with Crippen LogP contribution in [0.1, 0.15) is 46.7 Å². The maximum absolute atomic E-state index is 12.0. The number of hydrogen-bond acceptors (Lipinski definition) is 5. The van der Waals surface area contributed by atoms with Crippen molar-refractivity contribution in [2.45, 2.75) is 26.7 Å². The molecule has 1 aliphatic carbocycles. The van der Waals surface area contributed by atoms with Crippen molar-refractivity contribution in [1.82, 2.24) is 0 Å². The molecule has 0 unspecified atom stereocenters. The number of carbonyl (C=O) groups excluding carboxylic acids is 2. The lowest BCUT2D eigenvalue weighted by Gasteiger charge is -2.28. The van der Waals surface area contributed by atoms with Gasteiger partial charge in [0.05, 0.1) is 12.7 Å². The molecule has 5 nitrogen and oxygen atoms in total. The van der Waals surface area contributed by atoms with Crippen LogP contribution < -0.4 is 5.63 Å². The van der Waals surface area contributed by atoms with Gasteiger partial charge < -0.3 is 9.15 Å². The molecule has 0 aromatic carbocycles. The summed E-state index contributed by atoms with van der Waals surface area (Å²) < 4.78 is 9.56. The molecule has 0 saturated carbocycles. The number of carbonyl (C=O) groups is 2. The summed E-state index contributed by atoms with van der Waals surface area (Å²) in [7, 11) is 1.17. The molecular weight excluding hydrogens is 236 g/mol. The average Bonchev–Trinajstić information content (AvgIpc) is 2.25. The van der Waals surface area contributed by atoms with E-state index in [1.54, 1.807) is 0 Å². The van der Waals surface area contributed by atoms with Crippen LogP contribution in [0.2, 0.25) is 0 Å². The minimum Gasteiger partial charge on any atom is -0.465 e. The van der Waals surface area contributed by atoms with Crippen LogP contribution >= 0.6 is 0 Å². The number of ketones is 1. The molecule has 2 rings (SSSR count). The van der Waals surface area contributed by atoms with Gasteiger partial charge in [0, 0.05) is 12.8 Å². The molecule has 0 saturated heterocycles. The third kappa shape index (κ3) is 2.08. The van der Waals surface area contributed by atoms with Crippen molar-refractivity contribution in [3.63, 3.8) is 0 Å². The molecule has 0 aliphatic heterocycles. The van der Waals surface area contributed by atoms with Crippen LogP contribution in [0.3, 0.4) is 0 Å². The van der Waals surface area contributed by atoms with Gasteiger partial charge in [-0.1, -0.05) is 13.8 Å². The first-order chi connectivity index (χ1) is 8.34. The summed E-state index contributed by atoms with van der Waals surface area (Å²) in [6.07, 6.45) is 0.874. The Labute approximate surface area is 104 Å². The van der Waals surface area contributed by atoms with E-state index in [9.17, 15) is 14.4 Å². The summed E-state index contributed by atoms with van der Waals surface area (Å²) in [5, 5.41) is 0. The first-order valence-electron chi connectivity index (χ1n) is 5.62. The Morgan fingerprint density at radius 2 is 2.00 bits per heavy atom. The second-order valence-corrected chi connectivity index (χ2v) is 5.22. The molecule has 0 bridgehead atoms. The van der Waals surface area contributed by atoms with Gasteiger partial charge in [-0.3, -0.25) is 4.79 Å². The summed E-state index contributed by atoms with van der Waals surface area (Å²) in [4.78, 5) is 35.0. The molecule has 18 heavy (non-hydrogen) atoms. The van der Waals surface area contributed by atoms with Gasteiger partial charge in [-0.05, 0) is 11.5 Å². The Bertz CT molecular complexity index is 580. The van der Waals surface area contributed by atoms with Gasteiger partial charge in [-0.15, -0.1) is 0 Å². The molecular formula is C13H14O5. The summed E-state index contributed by atoms with van der Waals surface area (Å²) >= 11 is 0. The van der Waals surface area contributed by atoms with E-state index in [-0.39, 0.29) is 16.8 Å². The fourth-order valence-corrected chi connectivity index (χ4v) is 2.15. The first kappa shape index (κ1) is 12.5. The third-order valence-electron chi connectivity index (χ3n) is 3.01. The van der Waals surface area contributed by atoms with Crippen LogP contribution in [-0.4, -0.2) is 18.9 Å². The van der Waals surface area contributed by atoms with Crippen LogP contribution in [0, 0.1) is 5.41 Å². The predicted octanol–water partition coefficient (Wildman–Crippen LogP) is 1.58. The highest BCUT2D eigenvalue weighted by Gasteiger charge is 2.34. The van der Waals surface area contributed by atoms with E-state index in [0.29, 0.717) is 24.2 Å². The molecule has 1 aromatic rings. The van der Waals surface area contributed by atoms with Gasteiger partial charge in [0.2, 0.25) is 0 Å². The second-order valence-electron chi connectivity index (χ2n) is 5.22. The highest BCUT2D eigenvalue weighted by molar-refractivity contribution is 6.00. The molecule has 0 N–H and O–H groups in total. The quantitative estimate of drug-likeness (QED) is 0.707. The third-order valence-corrected chi connectivity index (χ3v) is 3.01. The van der Waals surface area contributed by atoms with Crippen LogP contribution in [-0.2, 0) is 11.2 Å². The normalized spacial score (nSPS) is 17.2. The minimum absolute atomic E-state index is 0.116. The topological polar surface area (TPSA) is 73.6 Å². The monoisotopic (exact) mass is 250 g/mol. The van der Waals surface area contributed by atoms with Crippen molar-refractivity contribution in [3.8, 4) is 0 Å². The van der Waals surface area contributed by atoms with Crippen LogP contribution in [0.15, 0.2) is 15.3 Å². The Balaban J connectivity index is 2.58. The second kappa shape index (κ2) is 4.08. The van der Waals surface area contributed by atoms with Crippen molar-refractivity contribution in [3.05, 3.63) is 33.4 Å². The standard InChI is InChI=1S/C13H14O5/c1-13(2)5-9(14)7-4-8(11(15)17-3)12(16)18-10(7)6-13/h4H,5-6H2,1-3H3. The van der Waals surface area contributed by atoms with Gasteiger partial charge in [-0.2, -0.15) is 0 Å². The molecule has 96 valence electrons. The van der Waals surface area contributed by atoms with Crippen LogP contribution in [0.4, 0.5) is 0 Å². The number of rotatable bonds is 1. The fourth-order valence-electron chi connectivity index (χ4n) is 2.15. The van der Waals surface area contributed by atoms with Gasteiger partial charge >= 0.3 is 11.6 Å². The number of Topliss-reactive ketones (excluding diaryl/α,β-unsaturated/α-hetero) is 1. The largest absolute Gasteiger partial charge is 0.465 e. The Morgan fingerprint density at radius 1 is 1.33 bits per heavy atom. The minimum atomic E-state index is -0.788. The average molecular weight is 250 g/mol.